The second-order valence-electron chi connectivity index (χ2n) is 9.53. The van der Waals surface area contributed by atoms with E-state index in [1.54, 1.807) is 0 Å². The molecule has 6 fully saturated rings. The number of esters is 2. The van der Waals surface area contributed by atoms with Crippen molar-refractivity contribution in [3.8, 4) is 0 Å². The molecular weight excluding hydrogens is 304 g/mol. The van der Waals surface area contributed by atoms with Gasteiger partial charge in [-0.25, -0.2) is 0 Å². The van der Waals surface area contributed by atoms with Gasteiger partial charge >= 0.3 is 11.9 Å². The molecule has 0 bridgehead atoms. The third-order valence-corrected chi connectivity index (χ3v) is 8.87. The van der Waals surface area contributed by atoms with Gasteiger partial charge in [0.1, 0.15) is 11.2 Å². The third kappa shape index (κ3) is 1.56. The van der Waals surface area contributed by atoms with E-state index in [2.05, 4.69) is 0 Å². The van der Waals surface area contributed by atoms with Crippen molar-refractivity contribution in [2.24, 2.45) is 35.5 Å². The molecule has 0 N–H and O–H groups in total. The molecule has 6 rings (SSSR count). The highest BCUT2D eigenvalue weighted by atomic mass is 16.6. The molecule has 0 aromatic carbocycles. The molecule has 8 atom stereocenters. The summed E-state index contributed by atoms with van der Waals surface area (Å²) in [5.74, 6) is 4.12. The first kappa shape index (κ1) is 14.1. The van der Waals surface area contributed by atoms with Gasteiger partial charge in [-0.2, -0.15) is 0 Å². The summed E-state index contributed by atoms with van der Waals surface area (Å²) in [6, 6.07) is 0. The van der Waals surface area contributed by atoms with Gasteiger partial charge in [-0.1, -0.05) is 0 Å². The van der Waals surface area contributed by atoms with Crippen molar-refractivity contribution in [3.05, 3.63) is 0 Å². The molecule has 0 unspecified atom stereocenters. The Hall–Kier alpha value is -1.06. The second kappa shape index (κ2) is 4.37. The minimum atomic E-state index is -0.126. The molecule has 2 aliphatic heterocycles. The molecule has 24 heavy (non-hydrogen) atoms. The summed E-state index contributed by atoms with van der Waals surface area (Å²) >= 11 is 0. The Morgan fingerprint density at radius 3 is 1.54 bits per heavy atom. The summed E-state index contributed by atoms with van der Waals surface area (Å²) in [4.78, 5) is 23.7. The van der Waals surface area contributed by atoms with Crippen LogP contribution in [-0.4, -0.2) is 23.1 Å². The highest BCUT2D eigenvalue weighted by Gasteiger charge is 2.69. The van der Waals surface area contributed by atoms with Gasteiger partial charge in [0.05, 0.1) is 0 Å². The first-order valence-electron chi connectivity index (χ1n) is 10.0. The predicted molar refractivity (Wildman–Crippen MR) is 84.8 cm³/mol. The SMILES string of the molecule is O=C1CC[C@@]2(CC[C@H]3C[C@@H]4[C@@H](C[C@@H]5CC[C@@]6(CCC(=O)O6)[C@@H]54)[C@H]32)O1. The highest BCUT2D eigenvalue weighted by Crippen LogP contribution is 2.70. The normalized spacial score (nSPS) is 57.5. The van der Waals surface area contributed by atoms with Crippen LogP contribution in [-0.2, 0) is 19.1 Å². The number of hydrogen-bond donors (Lipinski definition) is 0. The summed E-state index contributed by atoms with van der Waals surface area (Å²) < 4.78 is 11.9. The largest absolute Gasteiger partial charge is 0.459 e. The molecule has 4 nitrogen and oxygen atoms in total. The van der Waals surface area contributed by atoms with Gasteiger partial charge in [0.15, 0.2) is 0 Å². The Morgan fingerprint density at radius 1 is 0.708 bits per heavy atom. The van der Waals surface area contributed by atoms with Crippen LogP contribution in [0.2, 0.25) is 0 Å². The van der Waals surface area contributed by atoms with Crippen molar-refractivity contribution in [1.82, 2.24) is 0 Å². The topological polar surface area (TPSA) is 52.6 Å². The fourth-order valence-corrected chi connectivity index (χ4v) is 8.40. The minimum absolute atomic E-state index is 0.0264. The van der Waals surface area contributed by atoms with Crippen molar-refractivity contribution in [2.75, 3.05) is 0 Å². The van der Waals surface area contributed by atoms with Crippen molar-refractivity contribution < 1.29 is 19.1 Å². The van der Waals surface area contributed by atoms with Crippen molar-refractivity contribution in [2.45, 2.75) is 75.4 Å². The smallest absolute Gasteiger partial charge is 0.306 e. The maximum absolute atomic E-state index is 11.8. The number of carbonyl (C=O) groups excluding carboxylic acids is 2. The van der Waals surface area contributed by atoms with Gasteiger partial charge < -0.3 is 9.47 Å². The van der Waals surface area contributed by atoms with Crippen LogP contribution in [0.5, 0.6) is 0 Å². The van der Waals surface area contributed by atoms with Crippen LogP contribution in [0.25, 0.3) is 0 Å². The number of ether oxygens (including phenoxy) is 2. The summed E-state index contributed by atoms with van der Waals surface area (Å²) in [6.45, 7) is 0. The molecule has 0 aromatic rings. The standard InChI is InChI=1S/C20H26O4/c21-15-3-7-19(23-15)5-1-11-9-13-14(17(11)19)10-12-2-6-20(18(12)13)8-4-16(22)24-20/h11-14,17-18H,1-10H2/t11-,12-,13+,14+,17-,18-,19+,20+/m0/s1. The van der Waals surface area contributed by atoms with Crippen LogP contribution >= 0.6 is 0 Å². The van der Waals surface area contributed by atoms with Crippen LogP contribution in [0.1, 0.15) is 64.2 Å². The summed E-state index contributed by atoms with van der Waals surface area (Å²) in [6.07, 6.45) is 10.4. The Balaban J connectivity index is 1.34. The van der Waals surface area contributed by atoms with Gasteiger partial charge in [-0.05, 0) is 75.0 Å². The van der Waals surface area contributed by atoms with E-state index in [1.165, 1.54) is 25.7 Å². The van der Waals surface area contributed by atoms with Gasteiger partial charge in [-0.15, -0.1) is 0 Å². The van der Waals surface area contributed by atoms with Gasteiger partial charge in [0.2, 0.25) is 0 Å². The Bertz CT molecular complexity index is 575. The fraction of sp³-hybridized carbons (Fsp3) is 0.900. The predicted octanol–water partition coefficient (Wildman–Crippen LogP) is 3.23. The van der Waals surface area contributed by atoms with Crippen LogP contribution in [0.3, 0.4) is 0 Å². The van der Waals surface area contributed by atoms with E-state index in [-0.39, 0.29) is 23.1 Å². The lowest BCUT2D eigenvalue weighted by Crippen LogP contribution is -2.40. The molecule has 4 saturated carbocycles. The number of rotatable bonds is 0. The van der Waals surface area contributed by atoms with E-state index in [4.69, 9.17) is 9.47 Å². The minimum Gasteiger partial charge on any atom is -0.459 e. The Kier molecular flexibility index (Phi) is 2.57. The van der Waals surface area contributed by atoms with E-state index < -0.39 is 0 Å². The van der Waals surface area contributed by atoms with E-state index >= 15 is 0 Å². The maximum atomic E-state index is 11.8. The number of carbonyl (C=O) groups is 2. The zero-order valence-corrected chi connectivity index (χ0v) is 14.2. The molecule has 130 valence electrons. The van der Waals surface area contributed by atoms with Crippen LogP contribution in [0, 0.1) is 35.5 Å². The van der Waals surface area contributed by atoms with Gasteiger partial charge in [0, 0.05) is 24.7 Å². The summed E-state index contributed by atoms with van der Waals surface area (Å²) in [5.41, 5.74) is -0.251. The Morgan fingerprint density at radius 2 is 1.17 bits per heavy atom. The van der Waals surface area contributed by atoms with Crippen LogP contribution in [0.4, 0.5) is 0 Å². The average Bonchev–Trinajstić information content (AvgIpc) is 3.30. The average molecular weight is 330 g/mol. The molecule has 0 aromatic heterocycles. The first-order chi connectivity index (χ1) is 11.6. The lowest BCUT2D eigenvalue weighted by molar-refractivity contribution is -0.155. The maximum Gasteiger partial charge on any atom is 0.306 e. The number of hydrogen-bond acceptors (Lipinski definition) is 4. The lowest BCUT2D eigenvalue weighted by atomic mass is 9.75. The Labute approximate surface area is 142 Å². The zero-order valence-electron chi connectivity index (χ0n) is 14.2. The fourth-order valence-electron chi connectivity index (χ4n) is 8.40. The van der Waals surface area contributed by atoms with Gasteiger partial charge in [0.25, 0.3) is 0 Å². The summed E-state index contributed by atoms with van der Waals surface area (Å²) in [7, 11) is 0. The second-order valence-corrected chi connectivity index (χ2v) is 9.53. The molecular formula is C20H26O4. The molecule has 0 amide bonds. The first-order valence-corrected chi connectivity index (χ1v) is 10.0. The molecule has 2 spiro atoms. The van der Waals surface area contributed by atoms with E-state index in [9.17, 15) is 9.59 Å². The molecule has 2 heterocycles. The van der Waals surface area contributed by atoms with Crippen LogP contribution < -0.4 is 0 Å². The molecule has 6 aliphatic rings. The van der Waals surface area contributed by atoms with E-state index in [1.807, 2.05) is 0 Å². The molecule has 2 saturated heterocycles. The van der Waals surface area contributed by atoms with Crippen molar-refractivity contribution in [1.29, 1.82) is 0 Å². The molecule has 4 aliphatic carbocycles. The molecule has 0 radical (unpaired) electrons. The van der Waals surface area contributed by atoms with Crippen LogP contribution in [0.15, 0.2) is 0 Å². The van der Waals surface area contributed by atoms with Gasteiger partial charge in [-0.3, -0.25) is 9.59 Å². The zero-order chi connectivity index (χ0) is 16.1. The quantitative estimate of drug-likeness (QED) is 0.640. The monoisotopic (exact) mass is 330 g/mol. The number of fused-ring (bicyclic) bond motifs is 7. The molecule has 4 heteroatoms. The highest BCUT2D eigenvalue weighted by molar-refractivity contribution is 5.73. The third-order valence-electron chi connectivity index (χ3n) is 8.87. The van der Waals surface area contributed by atoms with E-state index in [0.717, 1.165) is 37.5 Å². The van der Waals surface area contributed by atoms with Crippen molar-refractivity contribution >= 4 is 11.9 Å². The lowest BCUT2D eigenvalue weighted by Gasteiger charge is -2.36. The van der Waals surface area contributed by atoms with Crippen molar-refractivity contribution in [3.63, 3.8) is 0 Å². The summed E-state index contributed by atoms with van der Waals surface area (Å²) in [5, 5.41) is 0. The van der Waals surface area contributed by atoms with E-state index in [0.29, 0.717) is 36.5 Å².